The standard InChI is InChI=1S/C11H17N3O3S/c1-8-12-13-11(18-7-10(15)16)14(8)6-9-4-2-3-5-17-9/h9H,2-7H2,1H3,(H,15,16). The molecule has 1 aromatic heterocycles. The van der Waals surface area contributed by atoms with E-state index in [2.05, 4.69) is 10.2 Å². The van der Waals surface area contributed by atoms with Crippen LogP contribution in [-0.2, 0) is 16.1 Å². The highest BCUT2D eigenvalue weighted by molar-refractivity contribution is 7.99. The summed E-state index contributed by atoms with van der Waals surface area (Å²) in [5.41, 5.74) is 0. The van der Waals surface area contributed by atoms with E-state index in [1.807, 2.05) is 11.5 Å². The summed E-state index contributed by atoms with van der Waals surface area (Å²) in [7, 11) is 0. The summed E-state index contributed by atoms with van der Waals surface area (Å²) in [6, 6.07) is 0. The summed E-state index contributed by atoms with van der Waals surface area (Å²) in [5.74, 6) is -0.0397. The maximum absolute atomic E-state index is 10.6. The zero-order chi connectivity index (χ0) is 13.0. The lowest BCUT2D eigenvalue weighted by Gasteiger charge is -2.23. The Kier molecular flexibility index (Phi) is 4.60. The van der Waals surface area contributed by atoms with E-state index in [1.165, 1.54) is 18.2 Å². The number of carbonyl (C=O) groups is 1. The van der Waals surface area contributed by atoms with E-state index in [1.54, 1.807) is 0 Å². The van der Waals surface area contributed by atoms with Crippen LogP contribution in [0.3, 0.4) is 0 Å². The topological polar surface area (TPSA) is 77.2 Å². The lowest BCUT2D eigenvalue weighted by atomic mass is 10.1. The van der Waals surface area contributed by atoms with Crippen molar-refractivity contribution >= 4 is 17.7 Å². The molecule has 2 heterocycles. The van der Waals surface area contributed by atoms with Gasteiger partial charge in [0.25, 0.3) is 0 Å². The fraction of sp³-hybridized carbons (Fsp3) is 0.727. The van der Waals surface area contributed by atoms with E-state index in [4.69, 9.17) is 9.84 Å². The molecule has 1 aliphatic heterocycles. The van der Waals surface area contributed by atoms with Crippen molar-refractivity contribution in [1.29, 1.82) is 0 Å². The van der Waals surface area contributed by atoms with Crippen molar-refractivity contribution in [3.63, 3.8) is 0 Å². The first-order chi connectivity index (χ1) is 8.66. The molecule has 0 aromatic carbocycles. The molecule has 1 unspecified atom stereocenters. The lowest BCUT2D eigenvalue weighted by molar-refractivity contribution is -0.133. The Bertz CT molecular complexity index is 416. The third-order valence-corrected chi connectivity index (χ3v) is 3.84. The molecule has 1 fully saturated rings. The SMILES string of the molecule is Cc1nnc(SCC(=O)O)n1CC1CCCCO1. The van der Waals surface area contributed by atoms with E-state index < -0.39 is 5.97 Å². The van der Waals surface area contributed by atoms with Gasteiger partial charge in [-0.25, -0.2) is 0 Å². The number of ether oxygens (including phenoxy) is 1. The van der Waals surface area contributed by atoms with Gasteiger partial charge in [-0.05, 0) is 26.2 Å². The van der Waals surface area contributed by atoms with Crippen LogP contribution in [-0.4, -0.2) is 44.3 Å². The van der Waals surface area contributed by atoms with E-state index in [0.29, 0.717) is 11.7 Å². The Hall–Kier alpha value is -1.08. The highest BCUT2D eigenvalue weighted by Crippen LogP contribution is 2.20. The van der Waals surface area contributed by atoms with Gasteiger partial charge in [-0.3, -0.25) is 4.79 Å². The molecule has 1 saturated heterocycles. The molecule has 1 aromatic rings. The third kappa shape index (κ3) is 3.46. The van der Waals surface area contributed by atoms with Gasteiger partial charge in [-0.15, -0.1) is 10.2 Å². The number of nitrogens with zero attached hydrogens (tertiary/aromatic N) is 3. The molecule has 1 N–H and O–H groups in total. The Morgan fingerprint density at radius 1 is 1.56 bits per heavy atom. The summed E-state index contributed by atoms with van der Waals surface area (Å²) in [5, 5.41) is 17.4. The Balaban J connectivity index is 2.01. The van der Waals surface area contributed by atoms with Crippen molar-refractivity contribution in [3.8, 4) is 0 Å². The van der Waals surface area contributed by atoms with Crippen LogP contribution >= 0.6 is 11.8 Å². The summed E-state index contributed by atoms with van der Waals surface area (Å²) >= 11 is 1.20. The number of hydrogen-bond donors (Lipinski definition) is 1. The molecule has 0 spiro atoms. The van der Waals surface area contributed by atoms with Gasteiger partial charge in [-0.1, -0.05) is 11.8 Å². The molecule has 18 heavy (non-hydrogen) atoms. The molecule has 0 bridgehead atoms. The number of thioether (sulfide) groups is 1. The van der Waals surface area contributed by atoms with E-state index in [-0.39, 0.29) is 11.9 Å². The highest BCUT2D eigenvalue weighted by Gasteiger charge is 2.18. The molecular weight excluding hydrogens is 254 g/mol. The number of aromatic nitrogens is 3. The Labute approximate surface area is 110 Å². The first-order valence-corrected chi connectivity index (χ1v) is 7.01. The molecule has 7 heteroatoms. The largest absolute Gasteiger partial charge is 0.481 e. The van der Waals surface area contributed by atoms with Crippen molar-refractivity contribution in [2.75, 3.05) is 12.4 Å². The lowest BCUT2D eigenvalue weighted by Crippen LogP contribution is -2.25. The molecule has 0 saturated carbocycles. The molecule has 1 aliphatic rings. The zero-order valence-corrected chi connectivity index (χ0v) is 11.2. The number of aryl methyl sites for hydroxylation is 1. The first kappa shape index (κ1) is 13.4. The fourth-order valence-corrected chi connectivity index (χ4v) is 2.67. The molecule has 6 nitrogen and oxygen atoms in total. The second-order valence-electron chi connectivity index (χ2n) is 4.31. The van der Waals surface area contributed by atoms with Crippen molar-refractivity contribution in [2.45, 2.75) is 44.0 Å². The van der Waals surface area contributed by atoms with Crippen LogP contribution in [0.4, 0.5) is 0 Å². The number of carboxylic acids is 1. The van der Waals surface area contributed by atoms with Crippen LogP contribution < -0.4 is 0 Å². The normalized spacial score (nSPS) is 19.9. The van der Waals surface area contributed by atoms with Crippen molar-refractivity contribution in [3.05, 3.63) is 5.82 Å². The predicted molar refractivity (Wildman–Crippen MR) is 66.7 cm³/mol. The minimum absolute atomic E-state index is 0.00363. The van der Waals surface area contributed by atoms with Gasteiger partial charge in [0.2, 0.25) is 0 Å². The van der Waals surface area contributed by atoms with Gasteiger partial charge in [0.15, 0.2) is 5.16 Å². The maximum atomic E-state index is 10.6. The minimum Gasteiger partial charge on any atom is -0.481 e. The Morgan fingerprint density at radius 2 is 2.39 bits per heavy atom. The van der Waals surface area contributed by atoms with Crippen molar-refractivity contribution < 1.29 is 14.6 Å². The molecule has 0 radical (unpaired) electrons. The van der Waals surface area contributed by atoms with Gasteiger partial charge in [0.1, 0.15) is 5.82 Å². The molecule has 0 amide bonds. The third-order valence-electron chi connectivity index (χ3n) is 2.89. The van der Waals surface area contributed by atoms with Crippen molar-refractivity contribution in [1.82, 2.24) is 14.8 Å². The summed E-state index contributed by atoms with van der Waals surface area (Å²) in [6.07, 6.45) is 3.54. The van der Waals surface area contributed by atoms with E-state index in [0.717, 1.165) is 25.3 Å². The monoisotopic (exact) mass is 271 g/mol. The maximum Gasteiger partial charge on any atom is 0.313 e. The first-order valence-electron chi connectivity index (χ1n) is 6.03. The minimum atomic E-state index is -0.846. The van der Waals surface area contributed by atoms with Crippen LogP contribution in [0.2, 0.25) is 0 Å². The highest BCUT2D eigenvalue weighted by atomic mass is 32.2. The van der Waals surface area contributed by atoms with E-state index in [9.17, 15) is 4.79 Å². The average molecular weight is 271 g/mol. The van der Waals surface area contributed by atoms with Crippen molar-refractivity contribution in [2.24, 2.45) is 0 Å². The average Bonchev–Trinajstić information content (AvgIpc) is 2.70. The number of carboxylic acid groups (broad SMARTS) is 1. The Morgan fingerprint density at radius 3 is 3.06 bits per heavy atom. The van der Waals surface area contributed by atoms with E-state index >= 15 is 0 Å². The molecule has 1 atom stereocenters. The molecular formula is C11H17N3O3S. The predicted octanol–water partition coefficient (Wildman–Crippen LogP) is 1.33. The summed E-state index contributed by atoms with van der Waals surface area (Å²) in [4.78, 5) is 10.6. The van der Waals surface area contributed by atoms with Gasteiger partial charge < -0.3 is 14.4 Å². The van der Waals surface area contributed by atoms with Crippen LogP contribution in [0, 0.1) is 6.92 Å². The smallest absolute Gasteiger partial charge is 0.313 e. The summed E-state index contributed by atoms with van der Waals surface area (Å²) in [6.45, 7) is 3.39. The quantitative estimate of drug-likeness (QED) is 0.814. The van der Waals surface area contributed by atoms with Gasteiger partial charge >= 0.3 is 5.97 Å². The van der Waals surface area contributed by atoms with Crippen LogP contribution in [0.15, 0.2) is 5.16 Å². The van der Waals surface area contributed by atoms with Crippen LogP contribution in [0.1, 0.15) is 25.1 Å². The molecule has 0 aliphatic carbocycles. The second-order valence-corrected chi connectivity index (χ2v) is 5.25. The van der Waals surface area contributed by atoms with Gasteiger partial charge in [-0.2, -0.15) is 0 Å². The van der Waals surface area contributed by atoms with Gasteiger partial charge in [0.05, 0.1) is 18.4 Å². The number of hydrogen-bond acceptors (Lipinski definition) is 5. The second kappa shape index (κ2) is 6.19. The van der Waals surface area contributed by atoms with Crippen LogP contribution in [0.25, 0.3) is 0 Å². The van der Waals surface area contributed by atoms with Crippen LogP contribution in [0.5, 0.6) is 0 Å². The fourth-order valence-electron chi connectivity index (χ4n) is 1.96. The molecule has 2 rings (SSSR count). The van der Waals surface area contributed by atoms with Gasteiger partial charge in [0, 0.05) is 6.61 Å². The summed E-state index contributed by atoms with van der Waals surface area (Å²) < 4.78 is 7.63. The number of aliphatic carboxylic acids is 1. The molecule has 100 valence electrons. The zero-order valence-electron chi connectivity index (χ0n) is 10.3. The number of rotatable bonds is 5.